The van der Waals surface area contributed by atoms with Crippen molar-refractivity contribution in [2.75, 3.05) is 5.75 Å². The highest BCUT2D eigenvalue weighted by Crippen LogP contribution is 2.25. The van der Waals surface area contributed by atoms with Gasteiger partial charge in [0.2, 0.25) is 11.8 Å². The molecule has 0 spiro atoms. The van der Waals surface area contributed by atoms with E-state index in [9.17, 15) is 19.5 Å². The Balaban J connectivity index is 1.54. The minimum Gasteiger partial charge on any atom is -0.494 e. The van der Waals surface area contributed by atoms with Gasteiger partial charge in [-0.25, -0.2) is 4.79 Å². The zero-order chi connectivity index (χ0) is 24.0. The summed E-state index contributed by atoms with van der Waals surface area (Å²) in [7, 11) is 0. The monoisotopic (exact) mass is 489 g/mol. The largest absolute Gasteiger partial charge is 0.494 e. The summed E-state index contributed by atoms with van der Waals surface area (Å²) < 4.78 is 5.83. The molecule has 3 aromatic rings. The topological polar surface area (TPSA) is 155 Å². The summed E-state index contributed by atoms with van der Waals surface area (Å²) in [5.41, 5.74) is 7.61. The summed E-state index contributed by atoms with van der Waals surface area (Å²) >= 11 is 4.88. The molecule has 0 saturated heterocycles. The number of aliphatic carboxylic acids is 1. The average Bonchev–Trinajstić information content (AvgIpc) is 3.10. The van der Waals surface area contributed by atoms with Gasteiger partial charge in [-0.15, -0.1) is 0 Å². The second-order valence-corrected chi connectivity index (χ2v) is 8.68. The summed E-state index contributed by atoms with van der Waals surface area (Å²) in [4.78, 5) is 37.0. The van der Waals surface area contributed by atoms with Crippen LogP contribution < -0.4 is 20.7 Å². The molecule has 0 fully saturated rings. The number of nitrogens with two attached hydrogens (primary N) is 1. The van der Waals surface area contributed by atoms with Gasteiger partial charge >= 0.3 is 10.8 Å². The Morgan fingerprint density at radius 2 is 1.67 bits per heavy atom. The highest BCUT2D eigenvalue weighted by Gasteiger charge is 2.22. The molecule has 0 aliphatic heterocycles. The molecule has 11 heteroatoms. The number of carboxylic acid groups (broad SMARTS) is 1. The number of hydrogen-bond acceptors (Lipinski definition) is 8. The first kappa shape index (κ1) is 24.4. The lowest BCUT2D eigenvalue weighted by Gasteiger charge is -2.16. The third-order valence-electron chi connectivity index (χ3n) is 4.74. The smallest absolute Gasteiger partial charge is 0.327 e. The highest BCUT2D eigenvalue weighted by molar-refractivity contribution is 7.80. The number of hydrogen-bond donors (Lipinski definition) is 6. The van der Waals surface area contributed by atoms with E-state index in [0.29, 0.717) is 22.8 Å². The van der Waals surface area contributed by atoms with Crippen LogP contribution in [0.25, 0.3) is 0 Å². The number of nitrogens with one attached hydrogen (secondary N) is 2. The summed E-state index contributed by atoms with van der Waals surface area (Å²) in [6, 6.07) is 12.3. The minimum atomic E-state index is -1.17. The van der Waals surface area contributed by atoms with Crippen molar-refractivity contribution in [1.29, 1.82) is 0 Å². The van der Waals surface area contributed by atoms with Gasteiger partial charge in [0.25, 0.3) is 0 Å². The van der Waals surface area contributed by atoms with Gasteiger partial charge in [-0.3, -0.25) is 14.6 Å². The fourth-order valence-electron chi connectivity index (χ4n) is 2.97. The second-order valence-electron chi connectivity index (χ2n) is 7.25. The SMILES string of the molecule is NC(Cc1ccc(Oc2ccc(Cc3sc(=O)[nH]c3O)cc2)cc1)C(=O)NC(CS)C(=O)O. The molecule has 174 valence electrons. The number of carbonyl (C=O) groups is 2. The Morgan fingerprint density at radius 1 is 1.09 bits per heavy atom. The van der Waals surface area contributed by atoms with Crippen LogP contribution in [0.3, 0.4) is 0 Å². The summed E-state index contributed by atoms with van der Waals surface area (Å²) in [6.45, 7) is 0. The van der Waals surface area contributed by atoms with Crippen molar-refractivity contribution in [3.05, 3.63) is 74.2 Å². The van der Waals surface area contributed by atoms with Crippen molar-refractivity contribution in [3.8, 4) is 17.4 Å². The predicted molar refractivity (Wildman–Crippen MR) is 127 cm³/mol. The zero-order valence-electron chi connectivity index (χ0n) is 17.4. The normalized spacial score (nSPS) is 12.7. The van der Waals surface area contributed by atoms with E-state index in [0.717, 1.165) is 22.5 Å². The summed E-state index contributed by atoms with van der Waals surface area (Å²) in [6.07, 6.45) is 0.664. The molecule has 0 saturated carbocycles. The molecule has 0 aliphatic carbocycles. The molecule has 2 atom stereocenters. The van der Waals surface area contributed by atoms with E-state index in [2.05, 4.69) is 22.9 Å². The van der Waals surface area contributed by atoms with E-state index in [1.807, 2.05) is 12.1 Å². The van der Waals surface area contributed by atoms with Crippen molar-refractivity contribution in [2.24, 2.45) is 5.73 Å². The number of aromatic hydroxyl groups is 1. The maximum Gasteiger partial charge on any atom is 0.327 e. The van der Waals surface area contributed by atoms with Gasteiger partial charge in [0.05, 0.1) is 10.9 Å². The van der Waals surface area contributed by atoms with Gasteiger partial charge in [0, 0.05) is 12.2 Å². The van der Waals surface area contributed by atoms with Crippen molar-refractivity contribution in [2.45, 2.75) is 24.9 Å². The number of rotatable bonds is 10. The first-order valence-corrected chi connectivity index (χ1v) is 11.4. The van der Waals surface area contributed by atoms with Crippen molar-refractivity contribution in [1.82, 2.24) is 10.3 Å². The van der Waals surface area contributed by atoms with Crippen LogP contribution in [-0.2, 0) is 22.4 Å². The van der Waals surface area contributed by atoms with Crippen LogP contribution in [-0.4, -0.2) is 44.9 Å². The molecule has 3 rings (SSSR count). The second kappa shape index (κ2) is 11.0. The highest BCUT2D eigenvalue weighted by atomic mass is 32.1. The van der Waals surface area contributed by atoms with Crippen molar-refractivity contribution in [3.63, 3.8) is 0 Å². The molecule has 2 unspecified atom stereocenters. The van der Waals surface area contributed by atoms with E-state index >= 15 is 0 Å². The maximum absolute atomic E-state index is 12.1. The van der Waals surface area contributed by atoms with Crippen LogP contribution in [0.1, 0.15) is 16.0 Å². The Hall–Kier alpha value is -3.28. The molecule has 1 aromatic heterocycles. The van der Waals surface area contributed by atoms with Gasteiger partial charge < -0.3 is 26.0 Å². The molecule has 0 bridgehead atoms. The standard InChI is InChI=1S/C22H23N3O6S2/c23-16(19(26)24-17(11-32)21(28)29)9-12-1-5-14(6-2-12)31-15-7-3-13(4-8-15)10-18-20(27)25-22(30)33-18/h1-8,16-17,27,32H,9-11,23H2,(H,24,26)(H,25,30)(H,28,29). The van der Waals surface area contributed by atoms with Gasteiger partial charge in [-0.1, -0.05) is 35.6 Å². The number of aromatic amines is 1. The van der Waals surface area contributed by atoms with Crippen LogP contribution in [0.2, 0.25) is 0 Å². The fraction of sp³-hybridized carbons (Fsp3) is 0.227. The third kappa shape index (κ3) is 6.85. The lowest BCUT2D eigenvalue weighted by atomic mass is 10.1. The lowest BCUT2D eigenvalue weighted by molar-refractivity contribution is -0.141. The summed E-state index contributed by atoms with van der Waals surface area (Å²) in [5, 5.41) is 21.1. The van der Waals surface area contributed by atoms with Crippen LogP contribution in [0.5, 0.6) is 17.4 Å². The molecule has 0 aliphatic rings. The maximum atomic E-state index is 12.1. The molecule has 6 N–H and O–H groups in total. The van der Waals surface area contributed by atoms with E-state index in [1.54, 1.807) is 36.4 Å². The van der Waals surface area contributed by atoms with E-state index in [4.69, 9.17) is 15.6 Å². The number of carbonyl (C=O) groups excluding carboxylic acids is 1. The van der Waals surface area contributed by atoms with E-state index in [-0.39, 0.29) is 22.9 Å². The molecule has 33 heavy (non-hydrogen) atoms. The number of aromatic nitrogens is 1. The molecule has 1 heterocycles. The predicted octanol–water partition coefficient (Wildman–Crippen LogP) is 1.89. The van der Waals surface area contributed by atoms with Gasteiger partial charge in [-0.05, 0) is 41.8 Å². The minimum absolute atomic E-state index is 0.0308. The fourth-order valence-corrected chi connectivity index (χ4v) is 3.98. The number of amides is 1. The van der Waals surface area contributed by atoms with Gasteiger partial charge in [0.1, 0.15) is 17.5 Å². The van der Waals surface area contributed by atoms with E-state index < -0.39 is 24.0 Å². The molecule has 9 nitrogen and oxygen atoms in total. The number of thiazole rings is 1. The molecule has 2 aromatic carbocycles. The Labute approximate surface area is 198 Å². The molecular weight excluding hydrogens is 466 g/mol. The van der Waals surface area contributed by atoms with Gasteiger partial charge in [0.15, 0.2) is 0 Å². The number of thiol groups is 1. The first-order valence-electron chi connectivity index (χ1n) is 9.91. The van der Waals surface area contributed by atoms with Gasteiger partial charge in [-0.2, -0.15) is 12.6 Å². The van der Waals surface area contributed by atoms with Crippen LogP contribution in [0.15, 0.2) is 53.3 Å². The number of H-pyrrole nitrogens is 1. The van der Waals surface area contributed by atoms with Crippen molar-refractivity contribution >= 4 is 35.8 Å². The number of carboxylic acids is 1. The van der Waals surface area contributed by atoms with Crippen molar-refractivity contribution < 1.29 is 24.5 Å². The van der Waals surface area contributed by atoms with Crippen LogP contribution >= 0.6 is 24.0 Å². The quantitative estimate of drug-likeness (QED) is 0.238. The number of ether oxygens (including phenoxy) is 1. The Morgan fingerprint density at radius 3 is 2.15 bits per heavy atom. The molecule has 0 radical (unpaired) electrons. The Bertz CT molecular complexity index is 1160. The third-order valence-corrected chi connectivity index (χ3v) is 5.97. The number of benzene rings is 2. The molecule has 1 amide bonds. The zero-order valence-corrected chi connectivity index (χ0v) is 19.1. The first-order chi connectivity index (χ1) is 15.7. The van der Waals surface area contributed by atoms with Crippen LogP contribution in [0, 0.1) is 0 Å². The Kier molecular flexibility index (Phi) is 8.15. The average molecular weight is 490 g/mol. The summed E-state index contributed by atoms with van der Waals surface area (Å²) in [5.74, 6) is -0.660. The van der Waals surface area contributed by atoms with E-state index in [1.165, 1.54) is 0 Å². The van der Waals surface area contributed by atoms with Crippen LogP contribution in [0.4, 0.5) is 0 Å². The lowest BCUT2D eigenvalue weighted by Crippen LogP contribution is -2.50. The molecular formula is C22H23N3O6S2.